The maximum absolute atomic E-state index is 11.2. The smallest absolute Gasteiger partial charge is 0.309 e. The van der Waals surface area contributed by atoms with E-state index in [1.807, 2.05) is 13.8 Å². The summed E-state index contributed by atoms with van der Waals surface area (Å²) in [5.74, 6) is -0.426. The van der Waals surface area contributed by atoms with Gasteiger partial charge in [-0.15, -0.1) is 0 Å². The Morgan fingerprint density at radius 2 is 1.94 bits per heavy atom. The molecule has 0 aromatic rings. The van der Waals surface area contributed by atoms with Crippen molar-refractivity contribution in [2.24, 2.45) is 5.92 Å². The molecule has 5 nitrogen and oxygen atoms in total. The maximum Gasteiger partial charge on any atom is 0.309 e. The summed E-state index contributed by atoms with van der Waals surface area (Å²) in [7, 11) is 1.38. The standard InChI is InChI=1S/C11H22N2O3/c1-5-12-10(14)6-7-13-9(3)8(2)11(15)16-4/h8-9,13H,5-7H2,1-4H3,(H,12,14). The van der Waals surface area contributed by atoms with E-state index in [1.165, 1.54) is 7.11 Å². The van der Waals surface area contributed by atoms with Crippen LogP contribution in [0.4, 0.5) is 0 Å². The maximum atomic E-state index is 11.2. The van der Waals surface area contributed by atoms with Gasteiger partial charge in [0.2, 0.25) is 5.91 Å². The van der Waals surface area contributed by atoms with E-state index in [0.29, 0.717) is 19.5 Å². The molecule has 0 fully saturated rings. The Hall–Kier alpha value is -1.10. The highest BCUT2D eigenvalue weighted by Gasteiger charge is 2.20. The summed E-state index contributed by atoms with van der Waals surface area (Å²) >= 11 is 0. The van der Waals surface area contributed by atoms with Gasteiger partial charge >= 0.3 is 5.97 Å². The highest BCUT2D eigenvalue weighted by molar-refractivity contribution is 5.76. The largest absolute Gasteiger partial charge is 0.469 e. The second-order valence-corrected chi connectivity index (χ2v) is 3.76. The Morgan fingerprint density at radius 3 is 2.44 bits per heavy atom. The second kappa shape index (κ2) is 8.10. The van der Waals surface area contributed by atoms with E-state index in [-0.39, 0.29) is 23.8 Å². The van der Waals surface area contributed by atoms with Crippen LogP contribution in [0.3, 0.4) is 0 Å². The summed E-state index contributed by atoms with van der Waals surface area (Å²) in [6.45, 7) is 6.80. The highest BCUT2D eigenvalue weighted by atomic mass is 16.5. The minimum absolute atomic E-state index is 0.00174. The van der Waals surface area contributed by atoms with Crippen LogP contribution in [0.15, 0.2) is 0 Å². The molecule has 2 N–H and O–H groups in total. The number of rotatable bonds is 7. The van der Waals surface area contributed by atoms with E-state index in [4.69, 9.17) is 0 Å². The molecule has 2 atom stereocenters. The number of hydrogen-bond donors (Lipinski definition) is 2. The van der Waals surface area contributed by atoms with Gasteiger partial charge in [-0.05, 0) is 13.8 Å². The quantitative estimate of drug-likeness (QED) is 0.617. The third-order valence-corrected chi connectivity index (χ3v) is 2.52. The summed E-state index contributed by atoms with van der Waals surface area (Å²) in [4.78, 5) is 22.4. The van der Waals surface area contributed by atoms with Crippen molar-refractivity contribution < 1.29 is 14.3 Å². The molecule has 0 saturated heterocycles. The second-order valence-electron chi connectivity index (χ2n) is 3.76. The molecule has 5 heteroatoms. The van der Waals surface area contributed by atoms with Gasteiger partial charge in [-0.2, -0.15) is 0 Å². The average molecular weight is 230 g/mol. The topological polar surface area (TPSA) is 67.4 Å². The molecule has 94 valence electrons. The van der Waals surface area contributed by atoms with Gasteiger partial charge in [-0.1, -0.05) is 6.92 Å². The number of carbonyl (C=O) groups is 2. The Kier molecular flexibility index (Phi) is 7.54. The molecule has 0 aliphatic carbocycles. The van der Waals surface area contributed by atoms with Crippen LogP contribution >= 0.6 is 0 Å². The molecule has 16 heavy (non-hydrogen) atoms. The van der Waals surface area contributed by atoms with Crippen LogP contribution in [-0.2, 0) is 14.3 Å². The van der Waals surface area contributed by atoms with Gasteiger partial charge in [-0.3, -0.25) is 9.59 Å². The Balaban J connectivity index is 3.76. The number of carbonyl (C=O) groups excluding carboxylic acids is 2. The van der Waals surface area contributed by atoms with Gasteiger partial charge in [0.15, 0.2) is 0 Å². The molecule has 0 spiro atoms. The molecule has 0 heterocycles. The van der Waals surface area contributed by atoms with E-state index in [1.54, 1.807) is 6.92 Å². The zero-order chi connectivity index (χ0) is 12.6. The van der Waals surface area contributed by atoms with Crippen molar-refractivity contribution in [3.8, 4) is 0 Å². The van der Waals surface area contributed by atoms with Gasteiger partial charge in [0, 0.05) is 25.6 Å². The molecule has 0 aliphatic heterocycles. The third kappa shape index (κ3) is 5.70. The number of amides is 1. The van der Waals surface area contributed by atoms with E-state index in [9.17, 15) is 9.59 Å². The molecule has 0 radical (unpaired) electrons. The Bertz CT molecular complexity index is 231. The summed E-state index contributed by atoms with van der Waals surface area (Å²) in [5.41, 5.74) is 0. The van der Waals surface area contributed by atoms with E-state index < -0.39 is 0 Å². The molecule has 0 rings (SSSR count). The Labute approximate surface area is 96.9 Å². The third-order valence-electron chi connectivity index (χ3n) is 2.52. The minimum atomic E-state index is -0.238. The fourth-order valence-electron chi connectivity index (χ4n) is 1.27. The zero-order valence-electron chi connectivity index (χ0n) is 10.5. The van der Waals surface area contributed by atoms with Gasteiger partial charge in [0.05, 0.1) is 13.0 Å². The van der Waals surface area contributed by atoms with Crippen LogP contribution in [-0.4, -0.2) is 38.1 Å². The van der Waals surface area contributed by atoms with E-state index in [0.717, 1.165) is 0 Å². The highest BCUT2D eigenvalue weighted by Crippen LogP contribution is 2.04. The molecule has 0 bridgehead atoms. The summed E-state index contributed by atoms with van der Waals surface area (Å²) in [6, 6.07) is 0.00174. The van der Waals surface area contributed by atoms with Crippen molar-refractivity contribution in [3.63, 3.8) is 0 Å². The van der Waals surface area contributed by atoms with Crippen molar-refractivity contribution in [1.29, 1.82) is 0 Å². The zero-order valence-corrected chi connectivity index (χ0v) is 10.5. The average Bonchev–Trinajstić information content (AvgIpc) is 2.27. The molecule has 0 aromatic heterocycles. The van der Waals surface area contributed by atoms with Gasteiger partial charge in [0.1, 0.15) is 0 Å². The van der Waals surface area contributed by atoms with Crippen molar-refractivity contribution in [2.45, 2.75) is 33.2 Å². The lowest BCUT2D eigenvalue weighted by atomic mass is 10.0. The van der Waals surface area contributed by atoms with E-state index in [2.05, 4.69) is 15.4 Å². The molecular weight excluding hydrogens is 208 g/mol. The fraction of sp³-hybridized carbons (Fsp3) is 0.818. The number of nitrogens with one attached hydrogen (secondary N) is 2. The van der Waals surface area contributed by atoms with Crippen molar-refractivity contribution in [3.05, 3.63) is 0 Å². The van der Waals surface area contributed by atoms with E-state index >= 15 is 0 Å². The van der Waals surface area contributed by atoms with Crippen LogP contribution in [0.2, 0.25) is 0 Å². The molecule has 1 amide bonds. The van der Waals surface area contributed by atoms with Gasteiger partial charge in [-0.25, -0.2) is 0 Å². The number of esters is 1. The van der Waals surface area contributed by atoms with Crippen LogP contribution in [0.25, 0.3) is 0 Å². The number of ether oxygens (including phenoxy) is 1. The SMILES string of the molecule is CCNC(=O)CCNC(C)C(C)C(=O)OC. The summed E-state index contributed by atoms with van der Waals surface area (Å²) < 4.78 is 4.64. The molecule has 0 saturated carbocycles. The number of methoxy groups -OCH3 is 1. The fourth-order valence-corrected chi connectivity index (χ4v) is 1.27. The Morgan fingerprint density at radius 1 is 1.31 bits per heavy atom. The predicted octanol–water partition coefficient (Wildman–Crippen LogP) is 0.300. The summed E-state index contributed by atoms with van der Waals surface area (Å²) in [5, 5.41) is 5.84. The molecule has 2 unspecified atom stereocenters. The lowest BCUT2D eigenvalue weighted by Gasteiger charge is -2.18. The van der Waals surface area contributed by atoms with Crippen LogP contribution in [0.5, 0.6) is 0 Å². The lowest BCUT2D eigenvalue weighted by molar-refractivity contribution is -0.145. The first kappa shape index (κ1) is 14.9. The first-order valence-electron chi connectivity index (χ1n) is 5.60. The number of hydrogen-bond acceptors (Lipinski definition) is 4. The predicted molar refractivity (Wildman–Crippen MR) is 61.9 cm³/mol. The molecule has 0 aliphatic rings. The monoisotopic (exact) mass is 230 g/mol. The van der Waals surface area contributed by atoms with Gasteiger partial charge < -0.3 is 15.4 Å². The molecular formula is C11H22N2O3. The van der Waals surface area contributed by atoms with Crippen molar-refractivity contribution in [1.82, 2.24) is 10.6 Å². The molecule has 0 aromatic carbocycles. The van der Waals surface area contributed by atoms with Crippen LogP contribution in [0, 0.1) is 5.92 Å². The first-order chi connectivity index (χ1) is 7.52. The summed E-state index contributed by atoms with van der Waals surface area (Å²) in [6.07, 6.45) is 0.423. The van der Waals surface area contributed by atoms with Crippen molar-refractivity contribution >= 4 is 11.9 Å². The van der Waals surface area contributed by atoms with Crippen molar-refractivity contribution in [2.75, 3.05) is 20.2 Å². The minimum Gasteiger partial charge on any atom is -0.469 e. The van der Waals surface area contributed by atoms with Gasteiger partial charge in [0.25, 0.3) is 0 Å². The normalized spacial score (nSPS) is 14.0. The van der Waals surface area contributed by atoms with Crippen LogP contribution < -0.4 is 10.6 Å². The van der Waals surface area contributed by atoms with Crippen LogP contribution in [0.1, 0.15) is 27.2 Å². The lowest BCUT2D eigenvalue weighted by Crippen LogP contribution is -2.38. The first-order valence-corrected chi connectivity index (χ1v) is 5.60.